The van der Waals surface area contributed by atoms with Gasteiger partial charge in [0.2, 0.25) is 0 Å². The van der Waals surface area contributed by atoms with E-state index >= 15 is 0 Å². The van der Waals surface area contributed by atoms with Crippen LogP contribution in [0.2, 0.25) is 6.04 Å². The van der Waals surface area contributed by atoms with Crippen LogP contribution in [0, 0.1) is 0 Å². The molecule has 0 N–H and O–H groups in total. The maximum absolute atomic E-state index is 13.0. The Balaban J connectivity index is 2.40. The molecule has 1 saturated heterocycles. The first-order valence-corrected chi connectivity index (χ1v) is 7.78. The highest BCUT2D eigenvalue weighted by Crippen LogP contribution is 2.28. The Bertz CT molecular complexity index is 189. The third-order valence-electron chi connectivity index (χ3n) is 1.44. The van der Waals surface area contributed by atoms with Crippen LogP contribution in [0.3, 0.4) is 0 Å². The molecule has 0 aliphatic carbocycles. The summed E-state index contributed by atoms with van der Waals surface area (Å²) in [5.41, 5.74) is 0. The Kier molecular flexibility index (Phi) is 5.68. The van der Waals surface area contributed by atoms with Crippen molar-refractivity contribution in [1.82, 2.24) is 0 Å². The van der Waals surface area contributed by atoms with Crippen molar-refractivity contribution in [1.29, 1.82) is 0 Å². The molecule has 1 heterocycles. The minimum Gasteiger partial charge on any atom is -0.413 e. The Labute approximate surface area is 94.5 Å². The van der Waals surface area contributed by atoms with Crippen LogP contribution in [0.4, 0.5) is 13.2 Å². The van der Waals surface area contributed by atoms with Crippen molar-refractivity contribution in [2.45, 2.75) is 25.1 Å². The van der Waals surface area contributed by atoms with Gasteiger partial charge < -0.3 is 16.5 Å². The predicted octanol–water partition coefficient (Wildman–Crippen LogP) is 0.150. The summed E-state index contributed by atoms with van der Waals surface area (Å²) >= 11 is 0. The van der Waals surface area contributed by atoms with E-state index in [9.17, 15) is 13.2 Å². The Hall–Kier alpha value is 0.498. The first-order valence-electron chi connectivity index (χ1n) is 3.80. The molecule has 1 aliphatic rings. The molecule has 15 heavy (non-hydrogen) atoms. The van der Waals surface area contributed by atoms with Crippen LogP contribution in [0.5, 0.6) is 0 Å². The average Bonchev–Trinajstić information content (AvgIpc) is 2.09. The van der Waals surface area contributed by atoms with Gasteiger partial charge in [0.05, 0.1) is 6.04 Å². The number of halogens is 3. The molecule has 1 aliphatic heterocycles. The molecule has 1 fully saturated rings. The van der Waals surface area contributed by atoms with Crippen LogP contribution in [-0.2, 0) is 16.5 Å². The molecule has 0 bridgehead atoms. The van der Waals surface area contributed by atoms with E-state index in [1.54, 1.807) is 0 Å². The van der Waals surface area contributed by atoms with Gasteiger partial charge in [0.1, 0.15) is 0 Å². The van der Waals surface area contributed by atoms with Gasteiger partial charge in [0.25, 0.3) is 5.92 Å². The van der Waals surface area contributed by atoms with Gasteiger partial charge in [0.15, 0.2) is 6.17 Å². The lowest BCUT2D eigenvalue weighted by Crippen LogP contribution is -2.40. The van der Waals surface area contributed by atoms with Crippen molar-refractivity contribution >= 4 is 39.3 Å². The van der Waals surface area contributed by atoms with E-state index in [1.807, 2.05) is 0 Å². The quantitative estimate of drug-likeness (QED) is 0.693. The van der Waals surface area contributed by atoms with Gasteiger partial charge >= 0.3 is 39.3 Å². The zero-order valence-corrected chi connectivity index (χ0v) is 11.6. The summed E-state index contributed by atoms with van der Waals surface area (Å²) in [4.78, 5) is 0. The zero-order valence-electron chi connectivity index (χ0n) is 7.55. The molecule has 11 heteroatoms. The Morgan fingerprint density at radius 3 is 2.20 bits per heavy atom. The largest absolute Gasteiger partial charge is 0.413 e. The Morgan fingerprint density at radius 2 is 1.73 bits per heavy atom. The molecule has 4 nitrogen and oxygen atoms in total. The standard InChI is InChI=1S/C4H6F3O4Si4/c1-3(5)4(6,7)2-15-10-13-8-12-9-14-11-15/h3H,2H2,1H3. The van der Waals surface area contributed by atoms with Gasteiger partial charge in [-0.15, -0.1) is 0 Å². The maximum atomic E-state index is 13.0. The normalized spacial score (nSPS) is 23.2. The number of alkyl halides is 3. The second-order valence-electron chi connectivity index (χ2n) is 2.58. The van der Waals surface area contributed by atoms with E-state index in [4.69, 9.17) is 16.5 Å². The lowest BCUT2D eigenvalue weighted by Gasteiger charge is -2.22. The lowest BCUT2D eigenvalue weighted by molar-refractivity contribution is -0.0507. The topological polar surface area (TPSA) is 36.9 Å². The van der Waals surface area contributed by atoms with Crippen molar-refractivity contribution in [3.8, 4) is 0 Å². The van der Waals surface area contributed by atoms with Crippen molar-refractivity contribution in [2.75, 3.05) is 0 Å². The summed E-state index contributed by atoms with van der Waals surface area (Å²) in [6.07, 6.45) is -2.22. The SMILES string of the molecule is CC(F)C(F)(F)C[Si]1O[Si]O[Si]O[Si]O1. The van der Waals surface area contributed by atoms with Crippen LogP contribution in [0.1, 0.15) is 6.92 Å². The summed E-state index contributed by atoms with van der Waals surface area (Å²) in [6.45, 7) is 0.810. The van der Waals surface area contributed by atoms with Gasteiger partial charge in [-0.05, 0) is 6.92 Å². The number of hydrogen-bond acceptors (Lipinski definition) is 4. The molecule has 0 aromatic rings. The second-order valence-corrected chi connectivity index (χ2v) is 7.45. The van der Waals surface area contributed by atoms with E-state index < -0.39 is 47.4 Å². The van der Waals surface area contributed by atoms with Gasteiger partial charge in [-0.3, -0.25) is 0 Å². The van der Waals surface area contributed by atoms with E-state index in [-0.39, 0.29) is 10.0 Å². The molecule has 0 aromatic heterocycles. The third-order valence-corrected chi connectivity index (χ3v) is 6.02. The monoisotopic (exact) mass is 287 g/mol. The highest BCUT2D eigenvalue weighted by atomic mass is 28.4. The second kappa shape index (κ2) is 6.29. The summed E-state index contributed by atoms with van der Waals surface area (Å²) in [6, 6.07) is -0.745. The minimum absolute atomic E-state index is 0.207. The lowest BCUT2D eigenvalue weighted by atomic mass is 10.3. The van der Waals surface area contributed by atoms with Gasteiger partial charge in [-0.25, -0.2) is 13.2 Å². The highest BCUT2D eigenvalue weighted by Gasteiger charge is 2.42. The van der Waals surface area contributed by atoms with Crippen LogP contribution in [-0.4, -0.2) is 51.4 Å². The van der Waals surface area contributed by atoms with Gasteiger partial charge in [-0.2, -0.15) is 0 Å². The summed E-state index contributed by atoms with van der Waals surface area (Å²) in [7, 11) is -3.21. The molecular formula is C4H6F3O4Si4. The fraction of sp³-hybridized carbons (Fsp3) is 1.00. The maximum Gasteiger partial charge on any atom is 0.412 e. The van der Waals surface area contributed by atoms with Crippen LogP contribution in [0.25, 0.3) is 0 Å². The highest BCUT2D eigenvalue weighted by molar-refractivity contribution is 6.60. The molecule has 83 valence electrons. The summed E-state index contributed by atoms with van der Waals surface area (Å²) < 4.78 is 58.0. The van der Waals surface area contributed by atoms with Gasteiger partial charge in [-0.1, -0.05) is 0 Å². The minimum atomic E-state index is -3.43. The first kappa shape index (κ1) is 13.6. The van der Waals surface area contributed by atoms with Crippen LogP contribution in [0.15, 0.2) is 0 Å². The van der Waals surface area contributed by atoms with E-state index in [0.29, 0.717) is 0 Å². The van der Waals surface area contributed by atoms with Gasteiger partial charge in [0, 0.05) is 0 Å². The van der Waals surface area contributed by atoms with E-state index in [0.717, 1.165) is 6.92 Å². The molecule has 1 rings (SSSR count). The average molecular weight is 287 g/mol. The van der Waals surface area contributed by atoms with E-state index in [1.165, 1.54) is 0 Å². The smallest absolute Gasteiger partial charge is 0.412 e. The molecule has 1 unspecified atom stereocenters. The molecule has 1 atom stereocenters. The zero-order chi connectivity index (χ0) is 11.3. The van der Waals surface area contributed by atoms with Crippen molar-refractivity contribution in [3.05, 3.63) is 0 Å². The molecule has 0 saturated carbocycles. The summed E-state index contributed by atoms with van der Waals surface area (Å²) in [5.74, 6) is -3.43. The van der Waals surface area contributed by atoms with Crippen LogP contribution < -0.4 is 0 Å². The summed E-state index contributed by atoms with van der Waals surface area (Å²) in [5, 5.41) is 0. The van der Waals surface area contributed by atoms with E-state index in [2.05, 4.69) is 0 Å². The van der Waals surface area contributed by atoms with Crippen LogP contribution >= 0.6 is 0 Å². The molecular weight excluding hydrogens is 281 g/mol. The number of hydrogen-bond donors (Lipinski definition) is 0. The van der Waals surface area contributed by atoms with Crippen molar-refractivity contribution in [3.63, 3.8) is 0 Å². The fourth-order valence-electron chi connectivity index (χ4n) is 0.616. The number of rotatable bonds is 3. The molecule has 0 spiro atoms. The Morgan fingerprint density at radius 1 is 1.20 bits per heavy atom. The third kappa shape index (κ3) is 4.90. The molecule has 7 radical (unpaired) electrons. The molecule has 0 aromatic carbocycles. The predicted molar refractivity (Wildman–Crippen MR) is 47.7 cm³/mol. The van der Waals surface area contributed by atoms with Crippen molar-refractivity contribution < 1.29 is 29.6 Å². The molecule has 0 amide bonds. The first-order chi connectivity index (χ1) is 7.02. The van der Waals surface area contributed by atoms with Crippen molar-refractivity contribution in [2.24, 2.45) is 0 Å². The fourth-order valence-corrected chi connectivity index (χ4v) is 5.04.